The lowest BCUT2D eigenvalue weighted by atomic mass is 9.79. The molecule has 1 aromatic carbocycles. The van der Waals surface area contributed by atoms with Gasteiger partial charge in [0, 0.05) is 30.9 Å². The second-order valence-electron chi connectivity index (χ2n) is 6.31. The van der Waals surface area contributed by atoms with E-state index in [1.165, 1.54) is 24.8 Å². The maximum atomic E-state index is 4.61. The fraction of sp³-hybridized carbons (Fsp3) is 0.444. The molecule has 0 unspecified atom stereocenters. The van der Waals surface area contributed by atoms with Gasteiger partial charge in [0.05, 0.1) is 0 Å². The van der Waals surface area contributed by atoms with E-state index in [1.54, 1.807) is 0 Å². The summed E-state index contributed by atoms with van der Waals surface area (Å²) in [7, 11) is 0. The Hall–Kier alpha value is -1.90. The molecule has 21 heavy (non-hydrogen) atoms. The summed E-state index contributed by atoms with van der Waals surface area (Å²) in [6.07, 6.45) is 7.81. The number of aromatic nitrogens is 2. The van der Waals surface area contributed by atoms with Crippen molar-refractivity contribution >= 4 is 5.95 Å². The molecule has 0 saturated carbocycles. The molecule has 3 nitrogen and oxygen atoms in total. The van der Waals surface area contributed by atoms with Gasteiger partial charge in [-0.25, -0.2) is 9.97 Å². The lowest BCUT2D eigenvalue weighted by Crippen LogP contribution is -2.31. The van der Waals surface area contributed by atoms with E-state index in [4.69, 9.17) is 0 Å². The van der Waals surface area contributed by atoms with Crippen LogP contribution in [0.5, 0.6) is 0 Å². The molecule has 3 rings (SSSR count). The maximum absolute atomic E-state index is 4.61. The number of rotatable bonds is 3. The molecule has 1 aliphatic rings. The predicted molar refractivity (Wildman–Crippen MR) is 86.7 cm³/mol. The number of benzene rings is 1. The highest BCUT2D eigenvalue weighted by Crippen LogP contribution is 2.30. The summed E-state index contributed by atoms with van der Waals surface area (Å²) in [6, 6.07) is 10.5. The van der Waals surface area contributed by atoms with Gasteiger partial charge in [-0.3, -0.25) is 0 Å². The van der Waals surface area contributed by atoms with Crippen LogP contribution >= 0.6 is 0 Å². The highest BCUT2D eigenvalue weighted by atomic mass is 15.2. The van der Waals surface area contributed by atoms with Gasteiger partial charge in [0.25, 0.3) is 0 Å². The van der Waals surface area contributed by atoms with E-state index in [2.05, 4.69) is 59.0 Å². The Labute approximate surface area is 127 Å². The van der Waals surface area contributed by atoms with Gasteiger partial charge in [0.2, 0.25) is 5.95 Å². The molecular formula is C18H23N3. The SMILES string of the molecule is CC(C)(c1ccccc1)c1cnc(N2CCCCC2)nc1. The summed E-state index contributed by atoms with van der Waals surface area (Å²) in [6.45, 7) is 6.62. The monoisotopic (exact) mass is 281 g/mol. The van der Waals surface area contributed by atoms with Crippen LogP contribution in [-0.4, -0.2) is 23.1 Å². The van der Waals surface area contributed by atoms with E-state index in [9.17, 15) is 0 Å². The average molecular weight is 281 g/mol. The van der Waals surface area contributed by atoms with Gasteiger partial charge in [-0.1, -0.05) is 44.2 Å². The zero-order valence-electron chi connectivity index (χ0n) is 12.9. The van der Waals surface area contributed by atoms with Gasteiger partial charge < -0.3 is 4.90 Å². The first-order valence-electron chi connectivity index (χ1n) is 7.81. The Kier molecular flexibility index (Phi) is 3.91. The first-order valence-corrected chi connectivity index (χ1v) is 7.81. The average Bonchev–Trinajstić information content (AvgIpc) is 2.57. The van der Waals surface area contributed by atoms with Crippen LogP contribution < -0.4 is 4.90 Å². The summed E-state index contributed by atoms with van der Waals surface area (Å²) >= 11 is 0. The highest BCUT2D eigenvalue weighted by molar-refractivity contribution is 5.38. The molecule has 3 heteroatoms. The molecule has 110 valence electrons. The largest absolute Gasteiger partial charge is 0.341 e. The van der Waals surface area contributed by atoms with Gasteiger partial charge >= 0.3 is 0 Å². The number of nitrogens with zero attached hydrogens (tertiary/aromatic N) is 3. The Morgan fingerprint density at radius 2 is 1.48 bits per heavy atom. The summed E-state index contributed by atoms with van der Waals surface area (Å²) in [5.41, 5.74) is 2.38. The number of piperidine rings is 1. The van der Waals surface area contributed by atoms with Gasteiger partial charge in [-0.15, -0.1) is 0 Å². The van der Waals surface area contributed by atoms with Crippen LogP contribution in [0.2, 0.25) is 0 Å². The van der Waals surface area contributed by atoms with Crippen molar-refractivity contribution in [3.8, 4) is 0 Å². The molecule has 1 aliphatic heterocycles. The second kappa shape index (κ2) is 5.84. The minimum absolute atomic E-state index is 0.0678. The molecule has 1 saturated heterocycles. The molecule has 0 N–H and O–H groups in total. The third-order valence-corrected chi connectivity index (χ3v) is 4.49. The van der Waals surface area contributed by atoms with Crippen molar-refractivity contribution in [1.82, 2.24) is 9.97 Å². The van der Waals surface area contributed by atoms with Crippen molar-refractivity contribution < 1.29 is 0 Å². The van der Waals surface area contributed by atoms with Gasteiger partial charge in [-0.2, -0.15) is 0 Å². The highest BCUT2D eigenvalue weighted by Gasteiger charge is 2.24. The van der Waals surface area contributed by atoms with E-state index in [1.807, 2.05) is 12.4 Å². The number of hydrogen-bond acceptors (Lipinski definition) is 3. The quantitative estimate of drug-likeness (QED) is 0.857. The van der Waals surface area contributed by atoms with Crippen molar-refractivity contribution in [2.75, 3.05) is 18.0 Å². The molecule has 0 aliphatic carbocycles. The molecular weight excluding hydrogens is 258 g/mol. The first kappa shape index (κ1) is 14.1. The summed E-state index contributed by atoms with van der Waals surface area (Å²) in [5.74, 6) is 0.877. The van der Waals surface area contributed by atoms with E-state index in [-0.39, 0.29) is 5.41 Å². The zero-order valence-corrected chi connectivity index (χ0v) is 12.9. The summed E-state index contributed by atoms with van der Waals surface area (Å²) in [5, 5.41) is 0. The topological polar surface area (TPSA) is 29.0 Å². The van der Waals surface area contributed by atoms with E-state index < -0.39 is 0 Å². The van der Waals surface area contributed by atoms with Crippen LogP contribution in [-0.2, 0) is 5.41 Å². The first-order chi connectivity index (χ1) is 10.2. The molecule has 1 fully saturated rings. The third kappa shape index (κ3) is 2.92. The minimum Gasteiger partial charge on any atom is -0.341 e. The fourth-order valence-electron chi connectivity index (χ4n) is 2.92. The normalized spacial score (nSPS) is 16.0. The zero-order chi connectivity index (χ0) is 14.7. The van der Waals surface area contributed by atoms with Crippen LogP contribution in [0.4, 0.5) is 5.95 Å². The third-order valence-electron chi connectivity index (χ3n) is 4.49. The lowest BCUT2D eigenvalue weighted by Gasteiger charge is -2.28. The molecule has 0 atom stereocenters. The lowest BCUT2D eigenvalue weighted by molar-refractivity contribution is 0.566. The standard InChI is InChI=1S/C18H23N3/c1-18(2,15-9-5-3-6-10-15)16-13-19-17(20-14-16)21-11-7-4-8-12-21/h3,5-6,9-10,13-14H,4,7-8,11-12H2,1-2H3. The molecule has 1 aromatic heterocycles. The van der Waals surface area contributed by atoms with Gasteiger partial charge in [0.1, 0.15) is 0 Å². The van der Waals surface area contributed by atoms with Crippen LogP contribution in [0.25, 0.3) is 0 Å². The van der Waals surface area contributed by atoms with E-state index >= 15 is 0 Å². The Morgan fingerprint density at radius 1 is 0.857 bits per heavy atom. The summed E-state index contributed by atoms with van der Waals surface area (Å²) < 4.78 is 0. The van der Waals surface area contributed by atoms with Gasteiger partial charge in [-0.05, 0) is 30.4 Å². The van der Waals surface area contributed by atoms with E-state index in [0.29, 0.717) is 0 Å². The minimum atomic E-state index is -0.0678. The van der Waals surface area contributed by atoms with Crippen LogP contribution in [0.1, 0.15) is 44.2 Å². The predicted octanol–water partition coefficient (Wildman–Crippen LogP) is 3.79. The van der Waals surface area contributed by atoms with Crippen LogP contribution in [0, 0.1) is 0 Å². The van der Waals surface area contributed by atoms with Gasteiger partial charge in [0.15, 0.2) is 0 Å². The molecule has 2 aromatic rings. The van der Waals surface area contributed by atoms with Crippen molar-refractivity contribution in [1.29, 1.82) is 0 Å². The molecule has 2 heterocycles. The molecule has 0 radical (unpaired) electrons. The maximum Gasteiger partial charge on any atom is 0.225 e. The van der Waals surface area contributed by atoms with E-state index in [0.717, 1.165) is 24.6 Å². The molecule has 0 spiro atoms. The number of hydrogen-bond donors (Lipinski definition) is 0. The Balaban J connectivity index is 1.83. The van der Waals surface area contributed by atoms with Crippen molar-refractivity contribution in [3.05, 3.63) is 53.9 Å². The number of anilines is 1. The Bertz CT molecular complexity index is 569. The second-order valence-corrected chi connectivity index (χ2v) is 6.31. The smallest absolute Gasteiger partial charge is 0.225 e. The molecule has 0 bridgehead atoms. The Morgan fingerprint density at radius 3 is 2.10 bits per heavy atom. The molecule has 0 amide bonds. The van der Waals surface area contributed by atoms with Crippen LogP contribution in [0.3, 0.4) is 0 Å². The van der Waals surface area contributed by atoms with Crippen molar-refractivity contribution in [3.63, 3.8) is 0 Å². The fourth-order valence-corrected chi connectivity index (χ4v) is 2.92. The van der Waals surface area contributed by atoms with Crippen LogP contribution in [0.15, 0.2) is 42.7 Å². The van der Waals surface area contributed by atoms with Crippen molar-refractivity contribution in [2.24, 2.45) is 0 Å². The summed E-state index contributed by atoms with van der Waals surface area (Å²) in [4.78, 5) is 11.5. The van der Waals surface area contributed by atoms with Crippen molar-refractivity contribution in [2.45, 2.75) is 38.5 Å².